The van der Waals surface area contributed by atoms with E-state index >= 15 is 0 Å². The summed E-state index contributed by atoms with van der Waals surface area (Å²) in [5.41, 5.74) is 1.09. The minimum atomic E-state index is 0.299. The maximum Gasteiger partial charge on any atom is 0.137 e. The molecule has 2 aromatic rings. The SMILES string of the molecule is N#Cc1cc(Cl)c2cc(CCl)oc2c1. The lowest BCUT2D eigenvalue weighted by Crippen LogP contribution is -1.73. The van der Waals surface area contributed by atoms with Gasteiger partial charge in [0.25, 0.3) is 0 Å². The third-order valence-electron chi connectivity index (χ3n) is 1.90. The standard InChI is InChI=1S/C10H5Cl2NO/c11-4-7-3-8-9(12)1-6(5-13)2-10(8)14-7/h1-3H,4H2. The van der Waals surface area contributed by atoms with Gasteiger partial charge in [-0.05, 0) is 18.2 Å². The van der Waals surface area contributed by atoms with Gasteiger partial charge < -0.3 is 4.42 Å². The molecule has 2 nitrogen and oxygen atoms in total. The van der Waals surface area contributed by atoms with Crippen LogP contribution in [0.5, 0.6) is 0 Å². The molecule has 4 heteroatoms. The minimum absolute atomic E-state index is 0.299. The highest BCUT2D eigenvalue weighted by atomic mass is 35.5. The molecule has 0 spiro atoms. The summed E-state index contributed by atoms with van der Waals surface area (Å²) >= 11 is 11.6. The number of fused-ring (bicyclic) bond motifs is 1. The number of furan rings is 1. The van der Waals surface area contributed by atoms with Crippen molar-refractivity contribution in [1.29, 1.82) is 5.26 Å². The van der Waals surface area contributed by atoms with Crippen molar-refractivity contribution >= 4 is 34.2 Å². The molecule has 0 aliphatic heterocycles. The second-order valence-electron chi connectivity index (χ2n) is 2.83. The van der Waals surface area contributed by atoms with Crippen molar-refractivity contribution in [3.05, 3.63) is 34.5 Å². The Morgan fingerprint density at radius 3 is 2.79 bits per heavy atom. The second-order valence-corrected chi connectivity index (χ2v) is 3.50. The van der Waals surface area contributed by atoms with Gasteiger partial charge >= 0.3 is 0 Å². The maximum absolute atomic E-state index is 8.71. The molecule has 0 aliphatic rings. The van der Waals surface area contributed by atoms with Crippen LogP contribution in [0.1, 0.15) is 11.3 Å². The Balaban J connectivity index is 2.75. The third kappa shape index (κ3) is 1.45. The largest absolute Gasteiger partial charge is 0.460 e. The van der Waals surface area contributed by atoms with E-state index in [-0.39, 0.29) is 0 Å². The molecular formula is C10H5Cl2NO. The smallest absolute Gasteiger partial charge is 0.137 e. The normalized spacial score (nSPS) is 10.4. The van der Waals surface area contributed by atoms with Crippen LogP contribution in [0.3, 0.4) is 0 Å². The summed E-state index contributed by atoms with van der Waals surface area (Å²) in [7, 11) is 0. The summed E-state index contributed by atoms with van der Waals surface area (Å²) < 4.78 is 5.37. The lowest BCUT2D eigenvalue weighted by molar-refractivity contribution is 0.573. The first-order chi connectivity index (χ1) is 6.74. The fraction of sp³-hybridized carbons (Fsp3) is 0.100. The number of alkyl halides is 1. The van der Waals surface area contributed by atoms with Gasteiger partial charge in [0.05, 0.1) is 22.5 Å². The van der Waals surface area contributed by atoms with E-state index in [1.54, 1.807) is 18.2 Å². The van der Waals surface area contributed by atoms with Gasteiger partial charge in [-0.15, -0.1) is 11.6 Å². The van der Waals surface area contributed by atoms with Gasteiger partial charge in [0.2, 0.25) is 0 Å². The summed E-state index contributed by atoms with van der Waals surface area (Å²) in [5.74, 6) is 0.950. The fourth-order valence-electron chi connectivity index (χ4n) is 1.28. The van der Waals surface area contributed by atoms with Crippen LogP contribution in [0.4, 0.5) is 0 Å². The molecule has 0 atom stereocenters. The molecule has 0 N–H and O–H groups in total. The van der Waals surface area contributed by atoms with Crippen LogP contribution in [0.25, 0.3) is 11.0 Å². The molecular weight excluding hydrogens is 221 g/mol. The Labute approximate surface area is 90.6 Å². The predicted octanol–water partition coefficient (Wildman–Crippen LogP) is 3.70. The van der Waals surface area contributed by atoms with E-state index in [0.717, 1.165) is 5.39 Å². The van der Waals surface area contributed by atoms with E-state index in [2.05, 4.69) is 0 Å². The molecule has 2 rings (SSSR count). The van der Waals surface area contributed by atoms with Gasteiger partial charge in [0.15, 0.2) is 0 Å². The van der Waals surface area contributed by atoms with Crippen molar-refractivity contribution in [2.24, 2.45) is 0 Å². The minimum Gasteiger partial charge on any atom is -0.460 e. The number of halogens is 2. The zero-order valence-electron chi connectivity index (χ0n) is 7.05. The quantitative estimate of drug-likeness (QED) is 0.695. The van der Waals surface area contributed by atoms with Crippen LogP contribution in [-0.2, 0) is 5.88 Å². The van der Waals surface area contributed by atoms with E-state index in [0.29, 0.717) is 27.8 Å². The Morgan fingerprint density at radius 2 is 2.14 bits per heavy atom. The van der Waals surface area contributed by atoms with E-state index in [1.165, 1.54) is 0 Å². The van der Waals surface area contributed by atoms with Gasteiger partial charge in [-0.1, -0.05) is 11.6 Å². The summed E-state index contributed by atoms with van der Waals surface area (Å²) in [6.07, 6.45) is 0. The van der Waals surface area contributed by atoms with Gasteiger partial charge in [0.1, 0.15) is 11.3 Å². The van der Waals surface area contributed by atoms with Crippen LogP contribution >= 0.6 is 23.2 Å². The van der Waals surface area contributed by atoms with Gasteiger partial charge in [-0.25, -0.2) is 0 Å². The Kier molecular flexibility index (Phi) is 2.37. The molecule has 14 heavy (non-hydrogen) atoms. The fourth-order valence-corrected chi connectivity index (χ4v) is 1.68. The van der Waals surface area contributed by atoms with E-state index < -0.39 is 0 Å². The zero-order valence-corrected chi connectivity index (χ0v) is 8.56. The molecule has 0 saturated heterocycles. The number of hydrogen-bond donors (Lipinski definition) is 0. The second kappa shape index (κ2) is 3.53. The third-order valence-corrected chi connectivity index (χ3v) is 2.47. The Bertz CT molecular complexity index is 525. The van der Waals surface area contributed by atoms with Crippen molar-refractivity contribution < 1.29 is 4.42 Å². The molecule has 0 saturated carbocycles. The summed E-state index contributed by atoms with van der Waals surface area (Å²) in [6.45, 7) is 0. The van der Waals surface area contributed by atoms with Gasteiger partial charge in [-0.2, -0.15) is 5.26 Å². The lowest BCUT2D eigenvalue weighted by Gasteiger charge is -1.92. The molecule has 0 fully saturated rings. The van der Waals surface area contributed by atoms with Crippen LogP contribution in [-0.4, -0.2) is 0 Å². The first kappa shape index (κ1) is 9.39. The summed E-state index contributed by atoms with van der Waals surface area (Å²) in [6, 6.07) is 7.05. The van der Waals surface area contributed by atoms with Crippen LogP contribution in [0.2, 0.25) is 5.02 Å². The summed E-state index contributed by atoms with van der Waals surface area (Å²) in [5, 5.41) is 10.0. The van der Waals surface area contributed by atoms with Crippen molar-refractivity contribution in [1.82, 2.24) is 0 Å². The first-order valence-corrected chi connectivity index (χ1v) is 4.84. The van der Waals surface area contributed by atoms with Crippen molar-refractivity contribution in [2.45, 2.75) is 5.88 Å². The van der Waals surface area contributed by atoms with E-state index in [4.69, 9.17) is 32.9 Å². The van der Waals surface area contributed by atoms with Crippen LogP contribution < -0.4 is 0 Å². The Hall–Kier alpha value is -1.17. The Morgan fingerprint density at radius 1 is 1.36 bits per heavy atom. The maximum atomic E-state index is 8.71. The highest BCUT2D eigenvalue weighted by molar-refractivity contribution is 6.35. The van der Waals surface area contributed by atoms with Gasteiger partial charge in [-0.3, -0.25) is 0 Å². The molecule has 0 bridgehead atoms. The molecule has 1 aromatic heterocycles. The van der Waals surface area contributed by atoms with Crippen molar-refractivity contribution in [2.75, 3.05) is 0 Å². The highest BCUT2D eigenvalue weighted by Gasteiger charge is 2.08. The molecule has 0 aliphatic carbocycles. The number of nitrogens with zero attached hydrogens (tertiary/aromatic N) is 1. The molecule has 70 valence electrons. The number of benzene rings is 1. The molecule has 0 radical (unpaired) electrons. The molecule has 1 aromatic carbocycles. The monoisotopic (exact) mass is 225 g/mol. The number of hydrogen-bond acceptors (Lipinski definition) is 2. The average molecular weight is 226 g/mol. The topological polar surface area (TPSA) is 36.9 Å². The first-order valence-electron chi connectivity index (χ1n) is 3.92. The lowest BCUT2D eigenvalue weighted by atomic mass is 10.2. The average Bonchev–Trinajstić information content (AvgIpc) is 2.61. The highest BCUT2D eigenvalue weighted by Crippen LogP contribution is 2.28. The zero-order chi connectivity index (χ0) is 10.1. The van der Waals surface area contributed by atoms with Crippen LogP contribution in [0, 0.1) is 11.3 Å². The molecule has 0 unspecified atom stereocenters. The predicted molar refractivity (Wildman–Crippen MR) is 55.5 cm³/mol. The van der Waals surface area contributed by atoms with Crippen LogP contribution in [0.15, 0.2) is 22.6 Å². The molecule has 1 heterocycles. The van der Waals surface area contributed by atoms with E-state index in [9.17, 15) is 0 Å². The summed E-state index contributed by atoms with van der Waals surface area (Å²) in [4.78, 5) is 0. The number of rotatable bonds is 1. The van der Waals surface area contributed by atoms with Gasteiger partial charge in [0, 0.05) is 5.39 Å². The number of nitriles is 1. The van der Waals surface area contributed by atoms with Crippen molar-refractivity contribution in [3.8, 4) is 6.07 Å². The van der Waals surface area contributed by atoms with Crippen molar-refractivity contribution in [3.63, 3.8) is 0 Å². The van der Waals surface area contributed by atoms with E-state index in [1.807, 2.05) is 6.07 Å². The molecule has 0 amide bonds.